The number of nitrogens with zero attached hydrogens (tertiary/aromatic N) is 1. The minimum absolute atomic E-state index is 0.0531. The molecule has 0 bridgehead atoms. The molecular weight excluding hydrogens is 343 g/mol. The molecule has 1 saturated heterocycles. The summed E-state index contributed by atoms with van der Waals surface area (Å²) >= 11 is 0.840. The molecule has 3 rings (SSSR count). The first-order valence-corrected chi connectivity index (χ1v) is 8.27. The van der Waals surface area contributed by atoms with Crippen molar-refractivity contribution < 1.29 is 18.7 Å². The standard InChI is InChI=1S/C18H15FN2O3S/c1-24-15-7-5-14(6-8-15)20-11-21-17(22)16(25-18(21)23)10-12-3-2-4-13(19)9-12/h2-10,20H,11H2,1H3. The Morgan fingerprint density at radius 2 is 1.96 bits per heavy atom. The predicted molar refractivity (Wildman–Crippen MR) is 95.7 cm³/mol. The van der Waals surface area contributed by atoms with Crippen molar-refractivity contribution in [3.8, 4) is 5.75 Å². The van der Waals surface area contributed by atoms with Crippen LogP contribution in [-0.2, 0) is 4.79 Å². The van der Waals surface area contributed by atoms with Gasteiger partial charge in [0.25, 0.3) is 11.1 Å². The van der Waals surface area contributed by atoms with Gasteiger partial charge in [-0.15, -0.1) is 0 Å². The van der Waals surface area contributed by atoms with E-state index in [2.05, 4.69) is 5.32 Å². The SMILES string of the molecule is COc1ccc(NCN2C(=O)SC(=Cc3cccc(F)c3)C2=O)cc1. The second kappa shape index (κ2) is 7.40. The summed E-state index contributed by atoms with van der Waals surface area (Å²) in [7, 11) is 1.58. The molecule has 2 aromatic rings. The summed E-state index contributed by atoms with van der Waals surface area (Å²) in [4.78, 5) is 25.8. The number of hydrogen-bond acceptors (Lipinski definition) is 5. The van der Waals surface area contributed by atoms with Crippen LogP contribution in [0.25, 0.3) is 6.08 Å². The monoisotopic (exact) mass is 358 g/mol. The summed E-state index contributed by atoms with van der Waals surface area (Å²) in [5.41, 5.74) is 1.29. The fourth-order valence-corrected chi connectivity index (χ4v) is 3.10. The molecule has 25 heavy (non-hydrogen) atoms. The molecule has 0 saturated carbocycles. The van der Waals surface area contributed by atoms with Gasteiger partial charge in [-0.3, -0.25) is 14.5 Å². The molecule has 0 atom stereocenters. The van der Waals surface area contributed by atoms with Gasteiger partial charge in [-0.25, -0.2) is 4.39 Å². The average Bonchev–Trinajstić information content (AvgIpc) is 2.87. The number of nitrogens with one attached hydrogen (secondary N) is 1. The quantitative estimate of drug-likeness (QED) is 0.821. The van der Waals surface area contributed by atoms with Gasteiger partial charge in [0.1, 0.15) is 11.6 Å². The second-order valence-electron chi connectivity index (χ2n) is 5.23. The van der Waals surface area contributed by atoms with Crippen molar-refractivity contribution in [2.24, 2.45) is 0 Å². The van der Waals surface area contributed by atoms with Crippen molar-refractivity contribution in [3.05, 3.63) is 64.8 Å². The van der Waals surface area contributed by atoms with E-state index in [0.717, 1.165) is 28.1 Å². The van der Waals surface area contributed by atoms with Crippen LogP contribution in [0.5, 0.6) is 5.75 Å². The van der Waals surface area contributed by atoms with Crippen molar-refractivity contribution in [2.75, 3.05) is 19.1 Å². The molecule has 1 heterocycles. The smallest absolute Gasteiger partial charge is 0.295 e. The Labute approximate surface area is 148 Å². The molecule has 0 aliphatic carbocycles. The minimum Gasteiger partial charge on any atom is -0.497 e. The van der Waals surface area contributed by atoms with E-state index in [1.807, 2.05) is 0 Å². The Bertz CT molecular complexity index is 836. The molecule has 1 fully saturated rings. The van der Waals surface area contributed by atoms with E-state index in [1.54, 1.807) is 43.5 Å². The first kappa shape index (κ1) is 17.0. The molecule has 0 aromatic heterocycles. The lowest BCUT2D eigenvalue weighted by atomic mass is 10.2. The summed E-state index contributed by atoms with van der Waals surface area (Å²) in [6, 6.07) is 13.0. The van der Waals surface area contributed by atoms with Crippen LogP contribution in [0.4, 0.5) is 14.9 Å². The van der Waals surface area contributed by atoms with Crippen molar-refractivity contribution in [1.82, 2.24) is 4.90 Å². The summed E-state index contributed by atoms with van der Waals surface area (Å²) < 4.78 is 18.3. The molecule has 128 valence electrons. The Kier molecular flexibility index (Phi) is 5.04. The fraction of sp³-hybridized carbons (Fsp3) is 0.111. The lowest BCUT2D eigenvalue weighted by Gasteiger charge is -2.14. The number of carbonyl (C=O) groups excluding carboxylic acids is 2. The van der Waals surface area contributed by atoms with Crippen LogP contribution in [-0.4, -0.2) is 29.8 Å². The average molecular weight is 358 g/mol. The summed E-state index contributed by atoms with van der Waals surface area (Å²) in [6.45, 7) is 0.0531. The minimum atomic E-state index is -0.403. The van der Waals surface area contributed by atoms with Gasteiger partial charge < -0.3 is 10.1 Å². The Balaban J connectivity index is 1.68. The van der Waals surface area contributed by atoms with Crippen LogP contribution >= 0.6 is 11.8 Å². The van der Waals surface area contributed by atoms with Crippen LogP contribution in [0.3, 0.4) is 0 Å². The topological polar surface area (TPSA) is 58.6 Å². The molecular formula is C18H15FN2O3S. The Hall–Kier alpha value is -2.80. The molecule has 0 spiro atoms. The van der Waals surface area contributed by atoms with Gasteiger partial charge >= 0.3 is 0 Å². The molecule has 2 aromatic carbocycles. The first-order valence-electron chi connectivity index (χ1n) is 7.45. The van der Waals surface area contributed by atoms with Gasteiger partial charge in [0.15, 0.2) is 0 Å². The third-order valence-electron chi connectivity index (χ3n) is 3.55. The van der Waals surface area contributed by atoms with Gasteiger partial charge in [0.05, 0.1) is 18.7 Å². The van der Waals surface area contributed by atoms with Crippen LogP contribution in [0.1, 0.15) is 5.56 Å². The highest BCUT2D eigenvalue weighted by molar-refractivity contribution is 8.18. The normalized spacial score (nSPS) is 15.8. The number of anilines is 1. The third kappa shape index (κ3) is 4.00. The zero-order valence-corrected chi connectivity index (χ0v) is 14.2. The fourth-order valence-electron chi connectivity index (χ4n) is 2.26. The van der Waals surface area contributed by atoms with E-state index in [0.29, 0.717) is 5.56 Å². The number of amides is 2. The number of carbonyl (C=O) groups is 2. The van der Waals surface area contributed by atoms with Gasteiger partial charge in [-0.1, -0.05) is 12.1 Å². The van der Waals surface area contributed by atoms with Gasteiger partial charge in [0, 0.05) is 5.69 Å². The van der Waals surface area contributed by atoms with E-state index >= 15 is 0 Å². The summed E-state index contributed by atoms with van der Waals surface area (Å²) in [5.74, 6) is -0.0795. The third-order valence-corrected chi connectivity index (χ3v) is 4.46. The van der Waals surface area contributed by atoms with Crippen LogP contribution in [0.15, 0.2) is 53.4 Å². The maximum Gasteiger partial charge on any atom is 0.295 e. The molecule has 0 radical (unpaired) electrons. The number of hydrogen-bond donors (Lipinski definition) is 1. The number of imide groups is 1. The van der Waals surface area contributed by atoms with Gasteiger partial charge in [-0.05, 0) is 59.8 Å². The number of ether oxygens (including phenoxy) is 1. The molecule has 1 N–H and O–H groups in total. The number of rotatable bonds is 5. The lowest BCUT2D eigenvalue weighted by Crippen LogP contribution is -2.33. The van der Waals surface area contributed by atoms with Gasteiger partial charge in [-0.2, -0.15) is 0 Å². The van der Waals surface area contributed by atoms with Gasteiger partial charge in [0.2, 0.25) is 0 Å². The zero-order valence-electron chi connectivity index (χ0n) is 13.4. The van der Waals surface area contributed by atoms with Crippen molar-refractivity contribution in [2.45, 2.75) is 0 Å². The Morgan fingerprint density at radius 3 is 2.64 bits per heavy atom. The molecule has 7 heteroatoms. The van der Waals surface area contributed by atoms with Crippen LogP contribution in [0, 0.1) is 5.82 Å². The van der Waals surface area contributed by atoms with E-state index in [-0.39, 0.29) is 16.8 Å². The number of benzene rings is 2. The maximum atomic E-state index is 13.2. The largest absolute Gasteiger partial charge is 0.497 e. The highest BCUT2D eigenvalue weighted by atomic mass is 32.2. The maximum absolute atomic E-state index is 13.2. The summed E-state index contributed by atoms with van der Waals surface area (Å²) in [5, 5.41) is 2.65. The number of methoxy groups -OCH3 is 1. The molecule has 2 amide bonds. The van der Waals surface area contributed by atoms with Crippen molar-refractivity contribution >= 4 is 34.7 Å². The van der Waals surface area contributed by atoms with Crippen LogP contribution in [0.2, 0.25) is 0 Å². The van der Waals surface area contributed by atoms with Crippen molar-refractivity contribution in [1.29, 1.82) is 0 Å². The lowest BCUT2D eigenvalue weighted by molar-refractivity contribution is -0.122. The van der Waals surface area contributed by atoms with Crippen LogP contribution < -0.4 is 10.1 Å². The molecule has 0 unspecified atom stereocenters. The number of halogens is 1. The Morgan fingerprint density at radius 1 is 1.20 bits per heavy atom. The van der Waals surface area contributed by atoms with Crippen molar-refractivity contribution in [3.63, 3.8) is 0 Å². The molecule has 1 aliphatic heterocycles. The van der Waals surface area contributed by atoms with E-state index in [1.165, 1.54) is 18.2 Å². The highest BCUT2D eigenvalue weighted by Crippen LogP contribution is 2.32. The van der Waals surface area contributed by atoms with E-state index in [9.17, 15) is 14.0 Å². The summed E-state index contributed by atoms with van der Waals surface area (Å²) in [6.07, 6.45) is 1.52. The van der Waals surface area contributed by atoms with E-state index < -0.39 is 11.7 Å². The zero-order chi connectivity index (χ0) is 17.8. The molecule has 1 aliphatic rings. The molecule has 5 nitrogen and oxygen atoms in total. The second-order valence-corrected chi connectivity index (χ2v) is 6.22. The predicted octanol–water partition coefficient (Wildman–Crippen LogP) is 3.94. The highest BCUT2D eigenvalue weighted by Gasteiger charge is 2.34. The number of thioether (sulfide) groups is 1. The van der Waals surface area contributed by atoms with E-state index in [4.69, 9.17) is 4.74 Å². The first-order chi connectivity index (χ1) is 12.1.